The molecule has 0 saturated carbocycles. The van der Waals surface area contributed by atoms with E-state index in [2.05, 4.69) is 13.2 Å². The van der Waals surface area contributed by atoms with Crippen molar-refractivity contribution in [2.45, 2.75) is 32.6 Å². The lowest BCUT2D eigenvalue weighted by atomic mass is 10.2. The number of rotatable bonds is 22. The van der Waals surface area contributed by atoms with Crippen LogP contribution in [0.3, 0.4) is 0 Å². The quantitative estimate of drug-likeness (QED) is 0.0157. The first-order valence-electron chi connectivity index (χ1n) is 21.0. The van der Waals surface area contributed by atoms with Crippen LogP contribution in [-0.4, -0.2) is 74.6 Å². The maximum Gasteiger partial charge on any atom is 0.513 e. The Labute approximate surface area is 394 Å². The summed E-state index contributed by atoms with van der Waals surface area (Å²) in [5.74, 6) is -2.98. The third-order valence-electron chi connectivity index (χ3n) is 9.08. The second kappa shape index (κ2) is 26.2. The van der Waals surface area contributed by atoms with Crippen LogP contribution in [0.2, 0.25) is 0 Å². The van der Waals surface area contributed by atoms with E-state index in [4.69, 9.17) is 47.4 Å². The van der Waals surface area contributed by atoms with Crippen LogP contribution in [0.15, 0.2) is 141 Å². The topological polar surface area (TPSA) is 229 Å². The first kappa shape index (κ1) is 50.9. The fraction of sp³-hybridized carbons (Fsp3) is 0.176. The lowest BCUT2D eigenvalue weighted by molar-refractivity contribution is -0.138. The molecule has 356 valence electrons. The Morgan fingerprint density at radius 1 is 0.377 bits per heavy atom. The molecule has 0 heterocycles. The summed E-state index contributed by atoms with van der Waals surface area (Å²) in [5, 5.41) is 0. The number of carbonyl (C=O) groups is 8. The Kier molecular flexibility index (Phi) is 19.3. The Morgan fingerprint density at radius 2 is 0.667 bits per heavy atom. The van der Waals surface area contributed by atoms with Crippen LogP contribution in [0.5, 0.6) is 34.5 Å². The molecule has 0 radical (unpaired) electrons. The number of benzene rings is 5. The highest BCUT2D eigenvalue weighted by atomic mass is 16.7. The van der Waals surface area contributed by atoms with Crippen LogP contribution in [0.1, 0.15) is 72.7 Å². The third-order valence-corrected chi connectivity index (χ3v) is 9.08. The van der Waals surface area contributed by atoms with Crippen molar-refractivity contribution >= 4 is 48.1 Å². The molecule has 18 heteroatoms. The molecule has 5 rings (SSSR count). The molecule has 0 aliphatic heterocycles. The van der Waals surface area contributed by atoms with Crippen molar-refractivity contribution in [3.8, 4) is 34.5 Å². The average Bonchev–Trinajstić information content (AvgIpc) is 3.35. The molecule has 0 aliphatic rings. The van der Waals surface area contributed by atoms with Crippen molar-refractivity contribution in [3.63, 3.8) is 0 Å². The van der Waals surface area contributed by atoms with Gasteiger partial charge in [-0.3, -0.25) is 0 Å². The van der Waals surface area contributed by atoms with Crippen LogP contribution >= 0.6 is 0 Å². The molecule has 0 aliphatic carbocycles. The Morgan fingerprint density at radius 3 is 1.00 bits per heavy atom. The standard InChI is InChI=1S/C51H44O18/c1-4-44(52)60-28-6-8-30-62-50(58)67-40-22-14-34(15-23-40)46(54)64-38-18-10-36(11-19-38)48(56)66-42-26-27-43(33(3)32-42)69-49(57)37-12-20-39(21-13-37)65-47(55)35-16-24-41(25-17-35)68-51(59)63-31-9-7-29-61-45(53)5-2/h4-5,10-27,32H,1-2,6-9,28-31H2,3H3. The molecule has 0 fully saturated rings. The predicted octanol–water partition coefficient (Wildman–Crippen LogP) is 8.92. The minimum absolute atomic E-state index is 0.0505. The fourth-order valence-corrected chi connectivity index (χ4v) is 5.53. The fourth-order valence-electron chi connectivity index (χ4n) is 5.53. The van der Waals surface area contributed by atoms with E-state index in [1.165, 1.54) is 115 Å². The molecule has 18 nitrogen and oxygen atoms in total. The van der Waals surface area contributed by atoms with E-state index in [-0.39, 0.29) is 83.2 Å². The minimum Gasteiger partial charge on any atom is -0.463 e. The van der Waals surface area contributed by atoms with E-state index in [1.807, 2.05) is 0 Å². The molecule has 5 aromatic carbocycles. The molecule has 69 heavy (non-hydrogen) atoms. The molecule has 0 N–H and O–H groups in total. The number of hydrogen-bond donors (Lipinski definition) is 0. The number of hydrogen-bond acceptors (Lipinski definition) is 18. The summed E-state index contributed by atoms with van der Waals surface area (Å²) >= 11 is 0. The molecular formula is C51H44O18. The summed E-state index contributed by atoms with van der Waals surface area (Å²) in [6, 6.07) is 26.8. The van der Waals surface area contributed by atoms with Crippen LogP contribution in [0.25, 0.3) is 0 Å². The van der Waals surface area contributed by atoms with Gasteiger partial charge in [-0.2, -0.15) is 0 Å². The summed E-state index contributed by atoms with van der Waals surface area (Å²) in [7, 11) is 0. The van der Waals surface area contributed by atoms with Crippen LogP contribution < -0.4 is 28.4 Å². The second-order valence-corrected chi connectivity index (χ2v) is 14.1. The SMILES string of the molecule is C=CC(=O)OCCCCOC(=O)Oc1ccc(C(=O)Oc2ccc(C(=O)Oc3ccc(OC(=O)c4ccc(OC(=O)c5ccc(OC(=O)OCCCCOC(=O)C=C)cc5)cc4)c(C)c3)cc2)cc1. The molecule has 0 spiro atoms. The Balaban J connectivity index is 1.01. The maximum atomic E-state index is 13.0. The Hall–Kier alpha value is -9.06. The zero-order valence-corrected chi connectivity index (χ0v) is 37.0. The van der Waals surface area contributed by atoms with Gasteiger partial charge in [-0.05, 0) is 153 Å². The first-order chi connectivity index (χ1) is 33.3. The van der Waals surface area contributed by atoms with Crippen molar-refractivity contribution in [3.05, 3.63) is 168 Å². The van der Waals surface area contributed by atoms with E-state index in [0.29, 0.717) is 31.2 Å². The van der Waals surface area contributed by atoms with Gasteiger partial charge in [0, 0.05) is 12.2 Å². The highest BCUT2D eigenvalue weighted by Gasteiger charge is 2.17. The predicted molar refractivity (Wildman–Crippen MR) is 242 cm³/mol. The van der Waals surface area contributed by atoms with Crippen molar-refractivity contribution in [1.82, 2.24) is 0 Å². The Bertz CT molecular complexity index is 2630. The normalized spacial score (nSPS) is 10.3. The van der Waals surface area contributed by atoms with Gasteiger partial charge < -0.3 is 47.4 Å². The van der Waals surface area contributed by atoms with Crippen molar-refractivity contribution in [2.75, 3.05) is 26.4 Å². The third kappa shape index (κ3) is 17.0. The summed E-state index contributed by atoms with van der Waals surface area (Å²) in [5.41, 5.74) is 1.10. The number of carbonyl (C=O) groups excluding carboxylic acids is 8. The highest BCUT2D eigenvalue weighted by molar-refractivity contribution is 5.94. The lowest BCUT2D eigenvalue weighted by Gasteiger charge is -2.11. The van der Waals surface area contributed by atoms with Gasteiger partial charge in [0.05, 0.1) is 48.7 Å². The van der Waals surface area contributed by atoms with Crippen molar-refractivity contribution in [2.24, 2.45) is 0 Å². The van der Waals surface area contributed by atoms with Gasteiger partial charge in [-0.15, -0.1) is 0 Å². The van der Waals surface area contributed by atoms with Crippen LogP contribution in [0, 0.1) is 6.92 Å². The molecule has 5 aromatic rings. The van der Waals surface area contributed by atoms with Gasteiger partial charge in [0.25, 0.3) is 0 Å². The number of ether oxygens (including phenoxy) is 10. The van der Waals surface area contributed by atoms with E-state index in [0.717, 1.165) is 12.2 Å². The van der Waals surface area contributed by atoms with Gasteiger partial charge in [-0.25, -0.2) is 38.4 Å². The van der Waals surface area contributed by atoms with E-state index < -0.39 is 48.1 Å². The molecular weight excluding hydrogens is 901 g/mol. The smallest absolute Gasteiger partial charge is 0.463 e. The van der Waals surface area contributed by atoms with Crippen LogP contribution in [-0.2, 0) is 28.5 Å². The van der Waals surface area contributed by atoms with Gasteiger partial charge in [0.2, 0.25) is 0 Å². The summed E-state index contributed by atoms with van der Waals surface area (Å²) in [4.78, 5) is 97.3. The van der Waals surface area contributed by atoms with Crippen LogP contribution in [0.4, 0.5) is 9.59 Å². The van der Waals surface area contributed by atoms with Gasteiger partial charge in [0.1, 0.15) is 34.5 Å². The largest absolute Gasteiger partial charge is 0.513 e. The molecule has 0 unspecified atom stereocenters. The average molecular weight is 945 g/mol. The van der Waals surface area contributed by atoms with Crippen molar-refractivity contribution < 1.29 is 85.7 Å². The summed E-state index contributed by atoms with van der Waals surface area (Å²) < 4.78 is 51.7. The summed E-state index contributed by atoms with van der Waals surface area (Å²) in [6.45, 7) is 8.68. The van der Waals surface area contributed by atoms with Crippen molar-refractivity contribution in [1.29, 1.82) is 0 Å². The molecule has 0 aromatic heterocycles. The molecule has 0 bridgehead atoms. The minimum atomic E-state index is -0.943. The number of unbranched alkanes of at least 4 members (excludes halogenated alkanes) is 2. The van der Waals surface area contributed by atoms with Gasteiger partial charge >= 0.3 is 48.1 Å². The number of esters is 6. The molecule has 0 atom stereocenters. The second-order valence-electron chi connectivity index (χ2n) is 14.1. The maximum absolute atomic E-state index is 13.0. The monoisotopic (exact) mass is 944 g/mol. The molecule has 0 saturated heterocycles. The van der Waals surface area contributed by atoms with Gasteiger partial charge in [-0.1, -0.05) is 13.2 Å². The van der Waals surface area contributed by atoms with E-state index >= 15 is 0 Å². The zero-order chi connectivity index (χ0) is 49.5. The first-order valence-corrected chi connectivity index (χ1v) is 21.0. The summed E-state index contributed by atoms with van der Waals surface area (Å²) in [6.07, 6.45) is 2.07. The number of aryl methyl sites for hydroxylation is 1. The lowest BCUT2D eigenvalue weighted by Crippen LogP contribution is -2.13. The van der Waals surface area contributed by atoms with E-state index in [9.17, 15) is 38.4 Å². The van der Waals surface area contributed by atoms with E-state index in [1.54, 1.807) is 6.92 Å². The van der Waals surface area contributed by atoms with Gasteiger partial charge in [0.15, 0.2) is 0 Å². The highest BCUT2D eigenvalue weighted by Crippen LogP contribution is 2.26. The molecule has 0 amide bonds. The zero-order valence-electron chi connectivity index (χ0n) is 37.0.